The van der Waals surface area contributed by atoms with Gasteiger partial charge in [-0.15, -0.1) is 0 Å². The molecule has 0 aliphatic rings. The molecule has 0 atom stereocenters. The van der Waals surface area contributed by atoms with E-state index in [0.717, 1.165) is 0 Å². The molecule has 0 unspecified atom stereocenters. The number of hydrogen-bond acceptors (Lipinski definition) is 6. The van der Waals surface area contributed by atoms with Crippen molar-refractivity contribution in [2.75, 3.05) is 0 Å². The quantitative estimate of drug-likeness (QED) is 0.520. The predicted octanol–water partition coefficient (Wildman–Crippen LogP) is 3.88. The second-order valence-corrected chi connectivity index (χ2v) is 4.94. The molecule has 7 nitrogen and oxygen atoms in total. The topological polar surface area (TPSA) is 91.3 Å². The van der Waals surface area contributed by atoms with Crippen molar-refractivity contribution in [2.24, 2.45) is 0 Å². The normalized spacial score (nSPS) is 10.5. The molecule has 0 saturated heterocycles. The lowest BCUT2D eigenvalue weighted by Gasteiger charge is -2.02. The van der Waals surface area contributed by atoms with Crippen LogP contribution in [-0.2, 0) is 6.61 Å². The molecule has 0 amide bonds. The fraction of sp³-hybridized carbons (Fsp3) is 0.0667. The Morgan fingerprint density at radius 1 is 1.17 bits per heavy atom. The maximum absolute atomic E-state index is 10.6. The number of halogens is 1. The Bertz CT molecular complexity index is 833. The van der Waals surface area contributed by atoms with E-state index in [4.69, 9.17) is 20.9 Å². The third-order valence-electron chi connectivity index (χ3n) is 2.99. The summed E-state index contributed by atoms with van der Waals surface area (Å²) in [5.41, 5.74) is 0.640. The van der Waals surface area contributed by atoms with E-state index in [9.17, 15) is 10.1 Å². The monoisotopic (exact) mass is 331 g/mol. The van der Waals surface area contributed by atoms with Crippen LogP contribution in [0.3, 0.4) is 0 Å². The van der Waals surface area contributed by atoms with Gasteiger partial charge in [0.1, 0.15) is 5.75 Å². The van der Waals surface area contributed by atoms with Gasteiger partial charge in [-0.05, 0) is 24.3 Å². The van der Waals surface area contributed by atoms with E-state index in [-0.39, 0.29) is 12.3 Å². The van der Waals surface area contributed by atoms with Crippen LogP contribution in [0, 0.1) is 10.1 Å². The van der Waals surface area contributed by atoms with Crippen molar-refractivity contribution in [2.45, 2.75) is 6.61 Å². The Labute approximate surface area is 135 Å². The summed E-state index contributed by atoms with van der Waals surface area (Å²) in [5, 5.41) is 14.9. The Hall–Kier alpha value is -2.93. The van der Waals surface area contributed by atoms with Gasteiger partial charge in [-0.25, -0.2) is 0 Å². The average Bonchev–Trinajstić information content (AvgIpc) is 3.02. The molecule has 0 fully saturated rings. The summed E-state index contributed by atoms with van der Waals surface area (Å²) in [5.74, 6) is 1.12. The lowest BCUT2D eigenvalue weighted by atomic mass is 10.2. The number of nitro benzene ring substituents is 1. The first-order chi connectivity index (χ1) is 11.1. The molecule has 0 bridgehead atoms. The summed E-state index contributed by atoms with van der Waals surface area (Å²) in [7, 11) is 0. The van der Waals surface area contributed by atoms with Gasteiger partial charge in [0.25, 0.3) is 11.6 Å². The van der Waals surface area contributed by atoms with Gasteiger partial charge in [0.15, 0.2) is 6.61 Å². The number of hydrogen-bond donors (Lipinski definition) is 0. The Balaban J connectivity index is 1.68. The van der Waals surface area contributed by atoms with Crippen molar-refractivity contribution >= 4 is 17.3 Å². The molecule has 8 heteroatoms. The average molecular weight is 332 g/mol. The van der Waals surface area contributed by atoms with Gasteiger partial charge in [0.05, 0.1) is 15.5 Å². The van der Waals surface area contributed by atoms with Crippen LogP contribution in [0.4, 0.5) is 5.69 Å². The first-order valence-electron chi connectivity index (χ1n) is 6.58. The summed E-state index contributed by atoms with van der Waals surface area (Å²) >= 11 is 6.07. The predicted molar refractivity (Wildman–Crippen MR) is 82.2 cm³/mol. The molecule has 23 heavy (non-hydrogen) atoms. The molecule has 0 spiro atoms. The highest BCUT2D eigenvalue weighted by atomic mass is 35.5. The van der Waals surface area contributed by atoms with Crippen molar-refractivity contribution in [3.05, 3.63) is 69.5 Å². The van der Waals surface area contributed by atoms with Crippen LogP contribution in [0.1, 0.15) is 5.82 Å². The van der Waals surface area contributed by atoms with Crippen LogP contribution in [0.2, 0.25) is 5.02 Å². The zero-order valence-electron chi connectivity index (χ0n) is 11.7. The fourth-order valence-electron chi connectivity index (χ4n) is 1.87. The molecule has 0 radical (unpaired) electrons. The fourth-order valence-corrected chi connectivity index (χ4v) is 2.09. The number of ether oxygens (including phenoxy) is 1. The van der Waals surface area contributed by atoms with Crippen LogP contribution in [0.5, 0.6) is 5.75 Å². The van der Waals surface area contributed by atoms with E-state index in [1.165, 1.54) is 24.3 Å². The van der Waals surface area contributed by atoms with Gasteiger partial charge in [0, 0.05) is 12.1 Å². The Kier molecular flexibility index (Phi) is 4.20. The van der Waals surface area contributed by atoms with Gasteiger partial charge >= 0.3 is 0 Å². The highest BCUT2D eigenvalue weighted by molar-refractivity contribution is 6.33. The minimum atomic E-state index is -0.473. The van der Waals surface area contributed by atoms with Gasteiger partial charge in [-0.2, -0.15) is 4.98 Å². The van der Waals surface area contributed by atoms with Crippen molar-refractivity contribution in [3.8, 4) is 17.2 Å². The third-order valence-corrected chi connectivity index (χ3v) is 3.32. The second-order valence-electron chi connectivity index (χ2n) is 4.54. The molecule has 2 aromatic carbocycles. The number of nitrogens with zero attached hydrogens (tertiary/aromatic N) is 3. The second kappa shape index (κ2) is 6.45. The number of nitro groups is 1. The van der Waals surface area contributed by atoms with Gasteiger partial charge in [-0.1, -0.05) is 28.9 Å². The summed E-state index contributed by atoms with van der Waals surface area (Å²) in [6.45, 7) is 0.0752. The highest BCUT2D eigenvalue weighted by Crippen LogP contribution is 2.26. The molecular weight excluding hydrogens is 322 g/mol. The van der Waals surface area contributed by atoms with E-state index in [1.807, 2.05) is 6.07 Å². The summed E-state index contributed by atoms with van der Waals surface area (Å²) in [6.07, 6.45) is 0. The smallest absolute Gasteiger partial charge is 0.269 e. The summed E-state index contributed by atoms with van der Waals surface area (Å²) in [4.78, 5) is 14.3. The summed E-state index contributed by atoms with van der Waals surface area (Å²) < 4.78 is 10.6. The van der Waals surface area contributed by atoms with Gasteiger partial charge in [0.2, 0.25) is 5.82 Å². The summed E-state index contributed by atoms with van der Waals surface area (Å²) in [6, 6.07) is 12.9. The van der Waals surface area contributed by atoms with Crippen molar-refractivity contribution in [1.29, 1.82) is 0 Å². The van der Waals surface area contributed by atoms with Crippen LogP contribution in [-0.4, -0.2) is 15.1 Å². The molecule has 0 N–H and O–H groups in total. The first-order valence-corrected chi connectivity index (χ1v) is 6.96. The lowest BCUT2D eigenvalue weighted by molar-refractivity contribution is -0.384. The lowest BCUT2D eigenvalue weighted by Crippen LogP contribution is -1.97. The van der Waals surface area contributed by atoms with Crippen LogP contribution < -0.4 is 4.74 Å². The molecule has 1 aromatic heterocycles. The van der Waals surface area contributed by atoms with Crippen LogP contribution in [0.25, 0.3) is 11.5 Å². The number of aromatic nitrogens is 2. The zero-order chi connectivity index (χ0) is 16.2. The van der Waals surface area contributed by atoms with E-state index < -0.39 is 4.92 Å². The van der Waals surface area contributed by atoms with Crippen LogP contribution in [0.15, 0.2) is 53.1 Å². The van der Waals surface area contributed by atoms with Gasteiger partial charge in [-0.3, -0.25) is 10.1 Å². The first kappa shape index (κ1) is 15.0. The minimum Gasteiger partial charge on any atom is -0.485 e. The van der Waals surface area contributed by atoms with Crippen molar-refractivity contribution < 1.29 is 14.2 Å². The number of rotatable bonds is 5. The number of non-ortho nitro benzene ring substituents is 1. The molecule has 0 aliphatic heterocycles. The molecular formula is C15H10ClN3O4. The maximum Gasteiger partial charge on any atom is 0.269 e. The van der Waals surface area contributed by atoms with Gasteiger partial charge < -0.3 is 9.26 Å². The molecule has 0 aliphatic carbocycles. The number of benzene rings is 2. The maximum atomic E-state index is 10.6. The standard InChI is InChI=1S/C15H10ClN3O4/c16-13-4-2-1-3-12(13)15-17-14(18-23-15)9-22-11-7-5-10(6-8-11)19(20)21/h1-8H,9H2. The van der Waals surface area contributed by atoms with E-state index in [0.29, 0.717) is 28.1 Å². The third kappa shape index (κ3) is 3.46. The van der Waals surface area contributed by atoms with Crippen molar-refractivity contribution in [3.63, 3.8) is 0 Å². The molecule has 1 heterocycles. The highest BCUT2D eigenvalue weighted by Gasteiger charge is 2.12. The largest absolute Gasteiger partial charge is 0.485 e. The SMILES string of the molecule is O=[N+]([O-])c1ccc(OCc2noc(-c3ccccc3Cl)n2)cc1. The van der Waals surface area contributed by atoms with Crippen LogP contribution >= 0.6 is 11.6 Å². The molecule has 3 aromatic rings. The zero-order valence-corrected chi connectivity index (χ0v) is 12.4. The van der Waals surface area contributed by atoms with E-state index in [2.05, 4.69) is 10.1 Å². The molecule has 3 rings (SSSR count). The van der Waals surface area contributed by atoms with Crippen molar-refractivity contribution in [1.82, 2.24) is 10.1 Å². The van der Waals surface area contributed by atoms with E-state index in [1.54, 1.807) is 18.2 Å². The molecule has 0 saturated carbocycles. The molecule has 116 valence electrons. The Morgan fingerprint density at radius 3 is 2.61 bits per heavy atom. The minimum absolute atomic E-state index is 0.00193. The Morgan fingerprint density at radius 2 is 1.91 bits per heavy atom. The van der Waals surface area contributed by atoms with E-state index >= 15 is 0 Å².